The summed E-state index contributed by atoms with van der Waals surface area (Å²) in [6, 6.07) is 21.6. The van der Waals surface area contributed by atoms with Crippen molar-refractivity contribution in [1.82, 2.24) is 0 Å². The van der Waals surface area contributed by atoms with Gasteiger partial charge in [-0.05, 0) is 35.2 Å². The van der Waals surface area contributed by atoms with Crippen LogP contribution in [0.1, 0.15) is 24.5 Å². The van der Waals surface area contributed by atoms with Gasteiger partial charge in [0.15, 0.2) is 0 Å². The molecule has 0 amide bonds. The van der Waals surface area contributed by atoms with Gasteiger partial charge in [0, 0.05) is 0 Å². The predicted octanol–water partition coefficient (Wildman–Crippen LogP) is 6.44. The van der Waals surface area contributed by atoms with Crippen molar-refractivity contribution in [2.24, 2.45) is 0 Å². The second-order valence-electron chi connectivity index (χ2n) is 6.97. The summed E-state index contributed by atoms with van der Waals surface area (Å²) in [4.78, 5) is 0. The Labute approximate surface area is 136 Å². The van der Waals surface area contributed by atoms with Crippen molar-refractivity contribution in [3.63, 3.8) is 0 Å². The highest BCUT2D eigenvalue weighted by Crippen LogP contribution is 2.36. The Hall–Kier alpha value is -1.86. The van der Waals surface area contributed by atoms with E-state index in [2.05, 4.69) is 93.8 Å². The molecule has 0 saturated carbocycles. The van der Waals surface area contributed by atoms with Crippen molar-refractivity contribution >= 4 is 18.8 Å². The minimum Gasteiger partial charge on any atom is -0.0998 e. The second-order valence-corrected chi connectivity index (χ2v) is 12.0. The van der Waals surface area contributed by atoms with Crippen molar-refractivity contribution in [3.05, 3.63) is 83.9 Å². The molecule has 0 aliphatic carbocycles. The van der Waals surface area contributed by atoms with Gasteiger partial charge < -0.3 is 0 Å². The number of benzene rings is 2. The summed E-state index contributed by atoms with van der Waals surface area (Å²) in [5.41, 5.74) is 5.34. The van der Waals surface area contributed by atoms with E-state index in [-0.39, 0.29) is 0 Å². The van der Waals surface area contributed by atoms with Crippen LogP contribution in [-0.4, -0.2) is 8.07 Å². The van der Waals surface area contributed by atoms with Crippen LogP contribution in [0.5, 0.6) is 0 Å². The van der Waals surface area contributed by atoms with E-state index in [0.29, 0.717) is 0 Å². The average Bonchev–Trinajstić information content (AvgIpc) is 2.47. The zero-order chi connectivity index (χ0) is 16.2. The molecule has 2 rings (SSSR count). The summed E-state index contributed by atoms with van der Waals surface area (Å²) < 4.78 is 0. The van der Waals surface area contributed by atoms with E-state index in [9.17, 15) is 0 Å². The van der Waals surface area contributed by atoms with Crippen molar-refractivity contribution in [3.8, 4) is 0 Å². The molecule has 0 unspecified atom stereocenters. The van der Waals surface area contributed by atoms with E-state index in [1.807, 2.05) is 0 Å². The van der Waals surface area contributed by atoms with Gasteiger partial charge in [0.2, 0.25) is 0 Å². The highest BCUT2D eigenvalue weighted by molar-refractivity contribution is 6.95. The smallest absolute Gasteiger partial charge is 0.0787 e. The lowest BCUT2D eigenvalue weighted by atomic mass is 9.97. The van der Waals surface area contributed by atoms with Gasteiger partial charge in [-0.15, -0.1) is 0 Å². The molecule has 0 aliphatic rings. The Balaban J connectivity index is 2.73. The standard InChI is InChI=1S/C21H26Si/c1-17(2)16-20(18-12-8-6-9-13-18)21(22(3,4)5)19-14-10-7-11-15-19/h6-15H,1,16H2,2-5H3. The SMILES string of the molecule is C=C(C)CC(=C(c1ccccc1)[Si](C)(C)C)c1ccccc1. The van der Waals surface area contributed by atoms with Gasteiger partial charge in [0.05, 0.1) is 8.07 Å². The molecule has 0 aromatic heterocycles. The highest BCUT2D eigenvalue weighted by atomic mass is 28.3. The number of hydrogen-bond donors (Lipinski definition) is 0. The largest absolute Gasteiger partial charge is 0.0998 e. The third-order valence-electron chi connectivity index (χ3n) is 3.72. The molecule has 0 N–H and O–H groups in total. The maximum absolute atomic E-state index is 4.16. The van der Waals surface area contributed by atoms with Crippen LogP contribution in [0.2, 0.25) is 19.6 Å². The van der Waals surface area contributed by atoms with Crippen LogP contribution in [0.3, 0.4) is 0 Å². The number of rotatable bonds is 5. The third kappa shape index (κ3) is 4.08. The van der Waals surface area contributed by atoms with Crippen LogP contribution >= 0.6 is 0 Å². The molecule has 2 aromatic carbocycles. The Morgan fingerprint density at radius 1 is 0.818 bits per heavy atom. The molecule has 0 aliphatic heterocycles. The summed E-state index contributed by atoms with van der Waals surface area (Å²) in [6.07, 6.45) is 0.943. The van der Waals surface area contributed by atoms with Gasteiger partial charge in [-0.1, -0.05) is 92.5 Å². The normalized spacial score (nSPS) is 12.7. The quantitative estimate of drug-likeness (QED) is 0.339. The van der Waals surface area contributed by atoms with E-state index in [1.165, 1.54) is 22.3 Å². The zero-order valence-corrected chi connectivity index (χ0v) is 15.2. The Kier molecular flexibility index (Phi) is 5.20. The number of allylic oxidation sites excluding steroid dienone is 2. The molecule has 0 atom stereocenters. The van der Waals surface area contributed by atoms with Crippen LogP contribution < -0.4 is 0 Å². The van der Waals surface area contributed by atoms with Crippen LogP contribution in [0, 0.1) is 0 Å². The molecule has 2 aromatic rings. The third-order valence-corrected chi connectivity index (χ3v) is 5.81. The Bertz CT molecular complexity index is 658. The first-order chi connectivity index (χ1) is 10.4. The van der Waals surface area contributed by atoms with Crippen LogP contribution in [0.15, 0.2) is 72.8 Å². The molecule has 1 heteroatoms. The van der Waals surface area contributed by atoms with E-state index in [0.717, 1.165) is 6.42 Å². The lowest BCUT2D eigenvalue weighted by molar-refractivity contribution is 1.24. The van der Waals surface area contributed by atoms with Crippen molar-refractivity contribution < 1.29 is 0 Å². The van der Waals surface area contributed by atoms with Crippen LogP contribution in [-0.2, 0) is 0 Å². The summed E-state index contributed by atoms with van der Waals surface area (Å²) in [6.45, 7) is 13.6. The first-order valence-electron chi connectivity index (χ1n) is 7.88. The van der Waals surface area contributed by atoms with Gasteiger partial charge in [0.1, 0.15) is 0 Å². The lowest BCUT2D eigenvalue weighted by Crippen LogP contribution is -2.24. The van der Waals surface area contributed by atoms with Gasteiger partial charge in [-0.25, -0.2) is 0 Å². The molecule has 22 heavy (non-hydrogen) atoms. The van der Waals surface area contributed by atoms with Gasteiger partial charge in [0.25, 0.3) is 0 Å². The first kappa shape index (κ1) is 16.5. The maximum Gasteiger partial charge on any atom is 0.0787 e. The summed E-state index contributed by atoms with van der Waals surface area (Å²) in [5.74, 6) is 0. The van der Waals surface area contributed by atoms with Gasteiger partial charge >= 0.3 is 0 Å². The molecular formula is C21H26Si. The fraction of sp³-hybridized carbons (Fsp3) is 0.238. The maximum atomic E-state index is 4.16. The second kappa shape index (κ2) is 6.93. The lowest BCUT2D eigenvalue weighted by Gasteiger charge is -2.27. The van der Waals surface area contributed by atoms with E-state index in [1.54, 1.807) is 5.20 Å². The van der Waals surface area contributed by atoms with Crippen molar-refractivity contribution in [2.45, 2.75) is 33.0 Å². The monoisotopic (exact) mass is 306 g/mol. The Morgan fingerprint density at radius 3 is 1.68 bits per heavy atom. The Morgan fingerprint density at radius 2 is 1.27 bits per heavy atom. The van der Waals surface area contributed by atoms with Crippen molar-refractivity contribution in [2.75, 3.05) is 0 Å². The summed E-state index contributed by atoms with van der Waals surface area (Å²) in [7, 11) is -1.50. The minimum atomic E-state index is -1.50. The molecule has 0 spiro atoms. The first-order valence-corrected chi connectivity index (χ1v) is 11.4. The van der Waals surface area contributed by atoms with E-state index >= 15 is 0 Å². The fourth-order valence-electron chi connectivity index (χ4n) is 2.94. The van der Waals surface area contributed by atoms with E-state index < -0.39 is 8.07 Å². The van der Waals surface area contributed by atoms with Crippen molar-refractivity contribution in [1.29, 1.82) is 0 Å². The molecule has 0 radical (unpaired) electrons. The molecular weight excluding hydrogens is 280 g/mol. The molecule has 0 nitrogen and oxygen atoms in total. The predicted molar refractivity (Wildman–Crippen MR) is 102 cm³/mol. The van der Waals surface area contributed by atoms with E-state index in [4.69, 9.17) is 0 Å². The highest BCUT2D eigenvalue weighted by Gasteiger charge is 2.25. The minimum absolute atomic E-state index is 0.943. The molecule has 114 valence electrons. The molecule has 0 fully saturated rings. The molecule has 0 bridgehead atoms. The summed E-state index contributed by atoms with van der Waals surface area (Å²) in [5, 5.41) is 1.54. The number of hydrogen-bond acceptors (Lipinski definition) is 0. The van der Waals surface area contributed by atoms with Crippen LogP contribution in [0.4, 0.5) is 0 Å². The van der Waals surface area contributed by atoms with Gasteiger partial charge in [-0.2, -0.15) is 0 Å². The summed E-state index contributed by atoms with van der Waals surface area (Å²) >= 11 is 0. The van der Waals surface area contributed by atoms with Crippen LogP contribution in [0.25, 0.3) is 10.8 Å². The zero-order valence-electron chi connectivity index (χ0n) is 14.2. The fourth-order valence-corrected chi connectivity index (χ4v) is 5.11. The topological polar surface area (TPSA) is 0 Å². The molecule has 0 heterocycles. The average molecular weight is 307 g/mol. The molecule has 0 saturated heterocycles. The van der Waals surface area contributed by atoms with Gasteiger partial charge in [-0.3, -0.25) is 0 Å².